The Kier molecular flexibility index (Phi) is 11.7. The molecule has 0 saturated carbocycles. The second-order valence-electron chi connectivity index (χ2n) is 6.07. The van der Waals surface area contributed by atoms with Crippen LogP contribution in [0.4, 0.5) is 5.69 Å². The molecule has 7 nitrogen and oxygen atoms in total. The molecular weight excluding hydrogens is 525 g/mol. The van der Waals surface area contributed by atoms with Gasteiger partial charge in [0, 0.05) is 43.8 Å². The van der Waals surface area contributed by atoms with Gasteiger partial charge in [0.1, 0.15) is 6.54 Å². The third-order valence-electron chi connectivity index (χ3n) is 4.08. The second kappa shape index (κ2) is 13.2. The van der Waals surface area contributed by atoms with Gasteiger partial charge in [-0.25, -0.2) is 4.99 Å². The van der Waals surface area contributed by atoms with Crippen molar-refractivity contribution in [1.82, 2.24) is 16.0 Å². The third-order valence-corrected chi connectivity index (χ3v) is 4.75. The van der Waals surface area contributed by atoms with Crippen LogP contribution in [0.1, 0.15) is 13.3 Å². The SMILES string of the molecule is CCNC(=NCC(=O)NCCOC)NC1CCN(c2ccccc2Br)C1.I. The number of carbonyl (C=O) groups is 1. The van der Waals surface area contributed by atoms with Gasteiger partial charge in [0.15, 0.2) is 5.96 Å². The number of para-hydroxylation sites is 1. The number of ether oxygens (including phenoxy) is 1. The van der Waals surface area contributed by atoms with Crippen LogP contribution in [0.15, 0.2) is 33.7 Å². The van der Waals surface area contributed by atoms with E-state index in [1.165, 1.54) is 5.69 Å². The fourth-order valence-electron chi connectivity index (χ4n) is 2.82. The Morgan fingerprint density at radius 3 is 2.85 bits per heavy atom. The lowest BCUT2D eigenvalue weighted by molar-refractivity contribution is -0.119. The van der Waals surface area contributed by atoms with Gasteiger partial charge in [-0.15, -0.1) is 24.0 Å². The molecule has 152 valence electrons. The molecule has 1 heterocycles. The Morgan fingerprint density at radius 2 is 2.15 bits per heavy atom. The summed E-state index contributed by atoms with van der Waals surface area (Å²) in [7, 11) is 1.61. The van der Waals surface area contributed by atoms with Crippen molar-refractivity contribution >= 4 is 57.5 Å². The topological polar surface area (TPSA) is 78.0 Å². The number of rotatable bonds is 8. The molecule has 3 N–H and O–H groups in total. The number of nitrogens with one attached hydrogen (secondary N) is 3. The molecule has 0 radical (unpaired) electrons. The maximum Gasteiger partial charge on any atom is 0.241 e. The van der Waals surface area contributed by atoms with Crippen molar-refractivity contribution in [2.75, 3.05) is 51.3 Å². The van der Waals surface area contributed by atoms with Gasteiger partial charge in [-0.1, -0.05) is 12.1 Å². The van der Waals surface area contributed by atoms with Gasteiger partial charge in [0.2, 0.25) is 5.91 Å². The van der Waals surface area contributed by atoms with Crippen molar-refractivity contribution < 1.29 is 9.53 Å². The van der Waals surface area contributed by atoms with E-state index in [0.717, 1.165) is 30.5 Å². The lowest BCUT2D eigenvalue weighted by Gasteiger charge is -2.21. The summed E-state index contributed by atoms with van der Waals surface area (Å²) >= 11 is 3.62. The zero-order valence-corrected chi connectivity index (χ0v) is 19.7. The summed E-state index contributed by atoms with van der Waals surface area (Å²) in [5.41, 5.74) is 1.20. The van der Waals surface area contributed by atoms with Crippen LogP contribution in [0.5, 0.6) is 0 Å². The molecule has 1 aromatic carbocycles. The summed E-state index contributed by atoms with van der Waals surface area (Å²) in [5, 5.41) is 9.41. The predicted octanol–water partition coefficient (Wildman–Crippen LogP) is 1.96. The van der Waals surface area contributed by atoms with Gasteiger partial charge >= 0.3 is 0 Å². The molecule has 1 aliphatic rings. The maximum absolute atomic E-state index is 11.8. The fraction of sp³-hybridized carbons (Fsp3) is 0.556. The average Bonchev–Trinajstić information content (AvgIpc) is 3.09. The number of guanidine groups is 1. The van der Waals surface area contributed by atoms with Crippen molar-refractivity contribution in [1.29, 1.82) is 0 Å². The van der Waals surface area contributed by atoms with E-state index in [9.17, 15) is 4.79 Å². The number of halogens is 2. The summed E-state index contributed by atoms with van der Waals surface area (Å²) < 4.78 is 6.02. The van der Waals surface area contributed by atoms with E-state index in [2.05, 4.69) is 60.0 Å². The van der Waals surface area contributed by atoms with Gasteiger partial charge in [0.25, 0.3) is 0 Å². The second-order valence-corrected chi connectivity index (χ2v) is 6.92. The normalized spacial score (nSPS) is 16.6. The zero-order chi connectivity index (χ0) is 18.8. The first-order valence-electron chi connectivity index (χ1n) is 8.94. The number of methoxy groups -OCH3 is 1. The predicted molar refractivity (Wildman–Crippen MR) is 124 cm³/mol. The fourth-order valence-corrected chi connectivity index (χ4v) is 3.35. The highest BCUT2D eigenvalue weighted by molar-refractivity contribution is 14.0. The summed E-state index contributed by atoms with van der Waals surface area (Å²) in [4.78, 5) is 18.5. The molecule has 2 rings (SSSR count). The highest BCUT2D eigenvalue weighted by atomic mass is 127. The number of amides is 1. The van der Waals surface area contributed by atoms with Crippen LogP contribution in [0, 0.1) is 0 Å². The number of carbonyl (C=O) groups excluding carboxylic acids is 1. The highest BCUT2D eigenvalue weighted by Gasteiger charge is 2.24. The van der Waals surface area contributed by atoms with Crippen molar-refractivity contribution in [2.24, 2.45) is 4.99 Å². The minimum Gasteiger partial charge on any atom is -0.383 e. The standard InChI is InChI=1S/C18H28BrN5O2.HI/c1-3-20-18(22-12-17(25)21-9-11-26-2)23-14-8-10-24(13-14)16-7-5-4-6-15(16)19;/h4-7,14H,3,8-13H2,1-2H3,(H,21,25)(H2,20,22,23);1H. The molecule has 0 aliphatic carbocycles. The van der Waals surface area contributed by atoms with E-state index in [0.29, 0.717) is 19.1 Å². The Bertz CT molecular complexity index is 617. The van der Waals surface area contributed by atoms with Crippen LogP contribution < -0.4 is 20.9 Å². The summed E-state index contributed by atoms with van der Waals surface area (Å²) in [6, 6.07) is 8.54. The van der Waals surface area contributed by atoms with Crippen LogP contribution in [-0.2, 0) is 9.53 Å². The van der Waals surface area contributed by atoms with Gasteiger partial charge in [0.05, 0.1) is 12.3 Å². The number of benzene rings is 1. The molecule has 27 heavy (non-hydrogen) atoms. The highest BCUT2D eigenvalue weighted by Crippen LogP contribution is 2.28. The summed E-state index contributed by atoms with van der Waals surface area (Å²) in [6.07, 6.45) is 1.02. The minimum atomic E-state index is -0.111. The van der Waals surface area contributed by atoms with Crippen molar-refractivity contribution in [3.8, 4) is 0 Å². The molecule has 1 aromatic rings. The van der Waals surface area contributed by atoms with E-state index in [1.54, 1.807) is 7.11 Å². The zero-order valence-electron chi connectivity index (χ0n) is 15.8. The average molecular weight is 554 g/mol. The largest absolute Gasteiger partial charge is 0.383 e. The van der Waals surface area contributed by atoms with Crippen LogP contribution in [0.2, 0.25) is 0 Å². The van der Waals surface area contributed by atoms with Gasteiger partial charge < -0.3 is 25.6 Å². The quantitative estimate of drug-likeness (QED) is 0.198. The molecule has 0 spiro atoms. The van der Waals surface area contributed by atoms with E-state index in [4.69, 9.17) is 4.74 Å². The van der Waals surface area contributed by atoms with Crippen molar-refractivity contribution in [3.05, 3.63) is 28.7 Å². The van der Waals surface area contributed by atoms with E-state index < -0.39 is 0 Å². The van der Waals surface area contributed by atoms with E-state index in [-0.39, 0.29) is 42.5 Å². The lowest BCUT2D eigenvalue weighted by Crippen LogP contribution is -2.45. The molecular formula is C18H29BrIN5O2. The molecule has 1 amide bonds. The number of aliphatic imine (C=N–C) groups is 1. The van der Waals surface area contributed by atoms with E-state index >= 15 is 0 Å². The Balaban J connectivity index is 0.00000364. The molecule has 1 fully saturated rings. The smallest absolute Gasteiger partial charge is 0.241 e. The van der Waals surface area contributed by atoms with Crippen LogP contribution in [0.3, 0.4) is 0 Å². The molecule has 1 unspecified atom stereocenters. The van der Waals surface area contributed by atoms with Gasteiger partial charge in [-0.2, -0.15) is 0 Å². The first kappa shape index (κ1) is 24.0. The molecule has 9 heteroatoms. The molecule has 1 saturated heterocycles. The minimum absolute atomic E-state index is 0. The monoisotopic (exact) mass is 553 g/mol. The number of anilines is 1. The molecule has 0 bridgehead atoms. The lowest BCUT2D eigenvalue weighted by atomic mass is 10.3. The Hall–Kier alpha value is -1.07. The summed E-state index contributed by atoms with van der Waals surface area (Å²) in [5.74, 6) is 0.564. The first-order valence-corrected chi connectivity index (χ1v) is 9.73. The number of hydrogen-bond acceptors (Lipinski definition) is 4. The summed E-state index contributed by atoms with van der Waals surface area (Å²) in [6.45, 7) is 5.73. The molecule has 0 aromatic heterocycles. The van der Waals surface area contributed by atoms with Gasteiger partial charge in [-0.05, 0) is 41.4 Å². The Labute approximate surface area is 186 Å². The van der Waals surface area contributed by atoms with Crippen molar-refractivity contribution in [2.45, 2.75) is 19.4 Å². The first-order chi connectivity index (χ1) is 12.6. The van der Waals surface area contributed by atoms with Crippen LogP contribution in [-0.4, -0.2) is 64.3 Å². The Morgan fingerprint density at radius 1 is 1.37 bits per heavy atom. The van der Waals surface area contributed by atoms with Crippen LogP contribution >= 0.6 is 39.9 Å². The van der Waals surface area contributed by atoms with Crippen molar-refractivity contribution in [3.63, 3.8) is 0 Å². The maximum atomic E-state index is 11.8. The molecule has 1 aliphatic heterocycles. The van der Waals surface area contributed by atoms with Gasteiger partial charge in [-0.3, -0.25) is 4.79 Å². The van der Waals surface area contributed by atoms with Crippen LogP contribution in [0.25, 0.3) is 0 Å². The number of nitrogens with zero attached hydrogens (tertiary/aromatic N) is 2. The molecule has 1 atom stereocenters. The number of hydrogen-bond donors (Lipinski definition) is 3. The third kappa shape index (κ3) is 8.22. The van der Waals surface area contributed by atoms with E-state index in [1.807, 2.05) is 13.0 Å².